The molecule has 0 spiro atoms. The van der Waals surface area contributed by atoms with E-state index in [1.807, 2.05) is 44.2 Å². The lowest BCUT2D eigenvalue weighted by Crippen LogP contribution is -2.16. The van der Waals surface area contributed by atoms with Crippen LogP contribution in [-0.2, 0) is 4.79 Å². The molecule has 1 N–H and O–H groups in total. The van der Waals surface area contributed by atoms with E-state index in [0.717, 1.165) is 12.0 Å². The maximum atomic E-state index is 12.1. The molecule has 1 heterocycles. The summed E-state index contributed by atoms with van der Waals surface area (Å²) < 4.78 is 5.80. The van der Waals surface area contributed by atoms with Crippen LogP contribution in [0, 0.1) is 5.92 Å². The maximum absolute atomic E-state index is 12.1. The van der Waals surface area contributed by atoms with Crippen molar-refractivity contribution in [2.45, 2.75) is 59.3 Å². The molecule has 27 heavy (non-hydrogen) atoms. The molecule has 2 rings (SSSR count). The molecule has 0 unspecified atom stereocenters. The van der Waals surface area contributed by atoms with Gasteiger partial charge in [-0.25, -0.2) is 10.1 Å². The highest BCUT2D eigenvalue weighted by Crippen LogP contribution is 2.14. The Balaban J connectivity index is 2.11. The van der Waals surface area contributed by atoms with E-state index in [9.17, 15) is 4.79 Å². The van der Waals surface area contributed by atoms with Gasteiger partial charge in [-0.3, -0.25) is 4.79 Å². The number of carbonyl (C=O) groups excluding carboxylic acids is 1. The molecule has 5 nitrogen and oxygen atoms in total. The lowest BCUT2D eigenvalue weighted by molar-refractivity contribution is -0.120. The first-order valence-corrected chi connectivity index (χ1v) is 9.98. The summed E-state index contributed by atoms with van der Waals surface area (Å²) in [6.07, 6.45) is 7.26. The van der Waals surface area contributed by atoms with E-state index in [-0.39, 0.29) is 11.8 Å². The normalized spacial score (nSPS) is 11.8. The largest absolute Gasteiger partial charge is 0.478 e. The predicted octanol–water partition coefficient (Wildman–Crippen LogP) is 4.90. The summed E-state index contributed by atoms with van der Waals surface area (Å²) in [5.74, 6) is 0.214. The summed E-state index contributed by atoms with van der Waals surface area (Å²) in [6.45, 7) is 6.53. The second-order valence-corrected chi connectivity index (χ2v) is 7.05. The quantitative estimate of drug-likeness (QED) is 0.606. The number of benzene rings is 1. The van der Waals surface area contributed by atoms with Gasteiger partial charge in [0.25, 0.3) is 0 Å². The fourth-order valence-electron chi connectivity index (χ4n) is 2.67. The molecule has 146 valence electrons. The van der Waals surface area contributed by atoms with Crippen molar-refractivity contribution in [1.82, 2.24) is 10.2 Å². The molecule has 0 aliphatic heterocycles. The van der Waals surface area contributed by atoms with Gasteiger partial charge in [0.1, 0.15) is 11.1 Å². The monoisotopic (exact) mass is 369 g/mol. The summed E-state index contributed by atoms with van der Waals surface area (Å²) in [7, 11) is 0. The van der Waals surface area contributed by atoms with Crippen molar-refractivity contribution in [1.29, 1.82) is 0 Å². The van der Waals surface area contributed by atoms with Crippen molar-refractivity contribution in [3.05, 3.63) is 41.8 Å². The molecule has 2 aromatic rings. The third-order valence-electron chi connectivity index (χ3n) is 4.32. The summed E-state index contributed by atoms with van der Waals surface area (Å²) in [5.41, 5.74) is 1.56. The topological polar surface area (TPSA) is 67.3 Å². The van der Waals surface area contributed by atoms with Gasteiger partial charge in [-0.1, -0.05) is 83.2 Å². The zero-order chi connectivity index (χ0) is 19.5. The lowest BCUT2D eigenvalue weighted by Gasteiger charge is -2.08. The van der Waals surface area contributed by atoms with Gasteiger partial charge in [-0.05, 0) is 6.42 Å². The number of nitrogens with zero attached hydrogens (tertiary/aromatic N) is 2. The molecule has 5 heteroatoms. The Kier molecular flexibility index (Phi) is 8.75. The number of amides is 1. The zero-order valence-electron chi connectivity index (χ0n) is 16.7. The summed E-state index contributed by atoms with van der Waals surface area (Å²) in [5, 5.41) is 7.89. The fourth-order valence-corrected chi connectivity index (χ4v) is 2.67. The minimum Gasteiger partial charge on any atom is -0.478 e. The molecule has 1 aromatic carbocycles. The second kappa shape index (κ2) is 11.3. The van der Waals surface area contributed by atoms with Crippen molar-refractivity contribution in [3.63, 3.8) is 0 Å². The third kappa shape index (κ3) is 7.00. The molecular formula is C22H31N3O2. The minimum absolute atomic E-state index is 0.162. The van der Waals surface area contributed by atoms with Crippen molar-refractivity contribution in [2.24, 2.45) is 10.9 Å². The van der Waals surface area contributed by atoms with Gasteiger partial charge in [-0.2, -0.15) is 5.10 Å². The van der Waals surface area contributed by atoms with Gasteiger partial charge in [0.2, 0.25) is 11.8 Å². The molecule has 0 aliphatic rings. The van der Waals surface area contributed by atoms with Crippen LogP contribution >= 0.6 is 0 Å². The number of carbonyl (C=O) groups is 1. The van der Waals surface area contributed by atoms with Gasteiger partial charge in [-0.15, -0.1) is 0 Å². The molecule has 0 saturated carbocycles. The molecular weight excluding hydrogens is 338 g/mol. The van der Waals surface area contributed by atoms with Crippen LogP contribution < -0.4 is 10.1 Å². The first-order valence-electron chi connectivity index (χ1n) is 9.98. The van der Waals surface area contributed by atoms with Crippen LogP contribution in [0.3, 0.4) is 0 Å². The molecule has 0 radical (unpaired) electrons. The van der Waals surface area contributed by atoms with Crippen LogP contribution in [0.4, 0.5) is 0 Å². The fraction of sp³-hybridized carbons (Fsp3) is 0.500. The Hall–Kier alpha value is -2.43. The number of nitrogens with one attached hydrogen (secondary N) is 1. The van der Waals surface area contributed by atoms with E-state index in [0.29, 0.717) is 23.5 Å². The molecule has 1 aromatic heterocycles. The van der Waals surface area contributed by atoms with E-state index in [1.165, 1.54) is 32.1 Å². The van der Waals surface area contributed by atoms with Crippen molar-refractivity contribution < 1.29 is 9.53 Å². The first-order chi connectivity index (χ1) is 13.1. The van der Waals surface area contributed by atoms with E-state index < -0.39 is 0 Å². The number of aromatic amines is 1. The number of rotatable bonds is 10. The summed E-state index contributed by atoms with van der Waals surface area (Å²) in [6, 6.07) is 11.5. The molecule has 0 bridgehead atoms. The molecule has 0 atom stereocenters. The van der Waals surface area contributed by atoms with E-state index in [1.54, 1.807) is 6.07 Å². The van der Waals surface area contributed by atoms with Crippen LogP contribution in [-0.4, -0.2) is 22.7 Å². The van der Waals surface area contributed by atoms with Crippen LogP contribution in [0.2, 0.25) is 0 Å². The lowest BCUT2D eigenvalue weighted by atomic mass is 10.1. The number of H-pyrrole nitrogens is 1. The molecule has 0 fully saturated rings. The van der Waals surface area contributed by atoms with Crippen molar-refractivity contribution in [2.75, 3.05) is 6.61 Å². The van der Waals surface area contributed by atoms with Crippen LogP contribution in [0.1, 0.15) is 59.3 Å². The number of ether oxygens (including phenoxy) is 1. The average molecular weight is 370 g/mol. The molecule has 1 amide bonds. The molecule has 0 saturated heterocycles. The maximum Gasteiger partial charge on any atom is 0.248 e. The SMILES string of the molecule is CCCCCCCCOc1cc(=NC(=O)C(C)C)c(-c2ccccc2)n[nH]1. The van der Waals surface area contributed by atoms with Gasteiger partial charge >= 0.3 is 0 Å². The second-order valence-electron chi connectivity index (χ2n) is 7.05. The van der Waals surface area contributed by atoms with Crippen molar-refractivity contribution in [3.8, 4) is 17.1 Å². The van der Waals surface area contributed by atoms with E-state index in [4.69, 9.17) is 4.74 Å². The zero-order valence-corrected chi connectivity index (χ0v) is 16.7. The van der Waals surface area contributed by atoms with E-state index >= 15 is 0 Å². The highest BCUT2D eigenvalue weighted by Gasteiger charge is 2.09. The first kappa shape index (κ1) is 20.9. The minimum atomic E-state index is -0.165. The summed E-state index contributed by atoms with van der Waals surface area (Å²) >= 11 is 0. The highest BCUT2D eigenvalue weighted by atomic mass is 16.5. The summed E-state index contributed by atoms with van der Waals surface area (Å²) in [4.78, 5) is 16.4. The molecule has 0 aliphatic carbocycles. The Morgan fingerprint density at radius 2 is 1.81 bits per heavy atom. The number of hydrogen-bond acceptors (Lipinski definition) is 3. The Labute approximate surface area is 161 Å². The van der Waals surface area contributed by atoms with Crippen LogP contribution in [0.5, 0.6) is 5.88 Å². The smallest absolute Gasteiger partial charge is 0.248 e. The van der Waals surface area contributed by atoms with Gasteiger partial charge in [0.05, 0.1) is 6.61 Å². The number of aromatic nitrogens is 2. The van der Waals surface area contributed by atoms with Gasteiger partial charge in [0.15, 0.2) is 0 Å². The van der Waals surface area contributed by atoms with Gasteiger partial charge in [0, 0.05) is 17.5 Å². The third-order valence-corrected chi connectivity index (χ3v) is 4.32. The Morgan fingerprint density at radius 1 is 1.11 bits per heavy atom. The highest BCUT2D eigenvalue weighted by molar-refractivity contribution is 5.79. The average Bonchev–Trinajstić information content (AvgIpc) is 2.68. The van der Waals surface area contributed by atoms with Crippen LogP contribution in [0.25, 0.3) is 11.3 Å². The van der Waals surface area contributed by atoms with Crippen LogP contribution in [0.15, 0.2) is 41.4 Å². The van der Waals surface area contributed by atoms with Crippen molar-refractivity contribution >= 4 is 5.91 Å². The van der Waals surface area contributed by atoms with Gasteiger partial charge < -0.3 is 4.74 Å². The number of hydrogen-bond donors (Lipinski definition) is 1. The standard InChI is InChI=1S/C22H31N3O2/c1-4-5-6-7-8-12-15-27-20-16-19(23-22(26)17(2)3)21(25-24-20)18-13-10-9-11-14-18/h9-11,13-14,16-17H,4-8,12,15H2,1-3H3,(H,23,24,26). The number of unbranched alkanes of at least 4 members (excludes halogenated alkanes) is 5. The Morgan fingerprint density at radius 3 is 2.52 bits per heavy atom. The predicted molar refractivity (Wildman–Crippen MR) is 108 cm³/mol. The Bertz CT molecular complexity index is 767. The van der Waals surface area contributed by atoms with E-state index in [2.05, 4.69) is 22.1 Å².